The van der Waals surface area contributed by atoms with E-state index in [1.54, 1.807) is 0 Å². The van der Waals surface area contributed by atoms with Crippen LogP contribution in [0.25, 0.3) is 0 Å². The first-order valence-corrected chi connectivity index (χ1v) is 6.30. The van der Waals surface area contributed by atoms with Gasteiger partial charge in [-0.2, -0.15) is 0 Å². The highest BCUT2D eigenvalue weighted by molar-refractivity contribution is 5.52. The van der Waals surface area contributed by atoms with Crippen molar-refractivity contribution < 1.29 is 13.2 Å². The molecular formula is C13H16F2N4O. The molecular weight excluding hydrogens is 266 g/mol. The Balaban J connectivity index is 1.95. The molecule has 108 valence electrons. The van der Waals surface area contributed by atoms with Crippen molar-refractivity contribution in [2.75, 3.05) is 11.9 Å². The van der Waals surface area contributed by atoms with Crippen molar-refractivity contribution in [1.29, 1.82) is 0 Å². The molecule has 2 aromatic rings. The first kappa shape index (κ1) is 14.4. The van der Waals surface area contributed by atoms with Crippen LogP contribution in [-0.2, 0) is 6.54 Å². The fraction of sp³-hybridized carbons (Fsp3) is 0.385. The molecule has 0 radical (unpaired) electrons. The van der Waals surface area contributed by atoms with Crippen molar-refractivity contribution in [2.24, 2.45) is 5.92 Å². The van der Waals surface area contributed by atoms with Gasteiger partial charge in [0.15, 0.2) is 0 Å². The Morgan fingerprint density at radius 1 is 1.25 bits per heavy atom. The van der Waals surface area contributed by atoms with Gasteiger partial charge in [-0.15, -0.1) is 5.10 Å². The van der Waals surface area contributed by atoms with Gasteiger partial charge in [-0.3, -0.25) is 0 Å². The van der Waals surface area contributed by atoms with Crippen molar-refractivity contribution in [2.45, 2.75) is 20.4 Å². The van der Waals surface area contributed by atoms with Crippen LogP contribution in [0.3, 0.4) is 0 Å². The number of hydrogen-bond donors (Lipinski definition) is 2. The molecule has 5 nitrogen and oxygen atoms in total. The third kappa shape index (κ3) is 3.99. The van der Waals surface area contributed by atoms with Gasteiger partial charge < -0.3 is 15.1 Å². The minimum absolute atomic E-state index is 0.0665. The number of nitrogens with one attached hydrogen (secondary N) is 2. The van der Waals surface area contributed by atoms with Gasteiger partial charge in [0.05, 0.1) is 12.2 Å². The SMILES string of the molecule is CC(C)CNCc1nnc(Nc2ccc(F)cc2F)o1. The maximum atomic E-state index is 13.4. The quantitative estimate of drug-likeness (QED) is 0.853. The second kappa shape index (κ2) is 6.42. The minimum Gasteiger partial charge on any atom is -0.406 e. The van der Waals surface area contributed by atoms with E-state index in [4.69, 9.17) is 4.42 Å². The van der Waals surface area contributed by atoms with Gasteiger partial charge in [-0.25, -0.2) is 8.78 Å². The predicted octanol–water partition coefficient (Wildman–Crippen LogP) is 2.84. The summed E-state index contributed by atoms with van der Waals surface area (Å²) >= 11 is 0. The summed E-state index contributed by atoms with van der Waals surface area (Å²) in [4.78, 5) is 0. The van der Waals surface area contributed by atoms with E-state index in [-0.39, 0.29) is 11.7 Å². The molecule has 0 saturated heterocycles. The van der Waals surface area contributed by atoms with Gasteiger partial charge >= 0.3 is 6.01 Å². The minimum atomic E-state index is -0.720. The van der Waals surface area contributed by atoms with Gasteiger partial charge in [0.2, 0.25) is 5.89 Å². The molecule has 0 saturated carbocycles. The monoisotopic (exact) mass is 282 g/mol. The molecule has 0 bridgehead atoms. The number of rotatable bonds is 6. The van der Waals surface area contributed by atoms with E-state index in [1.165, 1.54) is 6.07 Å². The van der Waals surface area contributed by atoms with Crippen molar-refractivity contribution in [3.8, 4) is 0 Å². The van der Waals surface area contributed by atoms with E-state index >= 15 is 0 Å². The normalized spacial score (nSPS) is 11.1. The van der Waals surface area contributed by atoms with Crippen LogP contribution in [0.1, 0.15) is 19.7 Å². The molecule has 0 atom stereocenters. The average molecular weight is 282 g/mol. The fourth-order valence-electron chi connectivity index (χ4n) is 1.55. The van der Waals surface area contributed by atoms with Gasteiger partial charge in [-0.1, -0.05) is 18.9 Å². The summed E-state index contributed by atoms with van der Waals surface area (Å²) in [5.74, 6) is -0.445. The highest BCUT2D eigenvalue weighted by Gasteiger charge is 2.09. The molecule has 2 rings (SSSR count). The lowest BCUT2D eigenvalue weighted by molar-refractivity contribution is 0.460. The third-order valence-corrected chi connectivity index (χ3v) is 2.47. The maximum absolute atomic E-state index is 13.4. The Bertz CT molecular complexity index is 571. The lowest BCUT2D eigenvalue weighted by atomic mass is 10.2. The average Bonchev–Trinajstić information content (AvgIpc) is 2.80. The lowest BCUT2D eigenvalue weighted by Crippen LogP contribution is -2.19. The molecule has 1 aromatic carbocycles. The number of hydrogen-bond acceptors (Lipinski definition) is 5. The number of benzene rings is 1. The van der Waals surface area contributed by atoms with Crippen LogP contribution in [0.2, 0.25) is 0 Å². The van der Waals surface area contributed by atoms with Crippen molar-refractivity contribution >= 4 is 11.7 Å². The van der Waals surface area contributed by atoms with Crippen molar-refractivity contribution in [1.82, 2.24) is 15.5 Å². The summed E-state index contributed by atoms with van der Waals surface area (Å²) in [6.07, 6.45) is 0. The summed E-state index contributed by atoms with van der Waals surface area (Å²) in [5, 5.41) is 13.3. The van der Waals surface area contributed by atoms with Crippen molar-refractivity contribution in [3.05, 3.63) is 35.7 Å². The highest BCUT2D eigenvalue weighted by Crippen LogP contribution is 2.19. The number of halogens is 2. The van der Waals surface area contributed by atoms with Gasteiger partial charge in [-0.05, 0) is 24.6 Å². The number of anilines is 2. The molecule has 1 aromatic heterocycles. The van der Waals surface area contributed by atoms with E-state index in [9.17, 15) is 8.78 Å². The zero-order valence-corrected chi connectivity index (χ0v) is 11.3. The molecule has 0 fully saturated rings. The number of aromatic nitrogens is 2. The largest absolute Gasteiger partial charge is 0.406 e. The second-order valence-corrected chi connectivity index (χ2v) is 4.77. The van der Waals surface area contributed by atoms with E-state index < -0.39 is 11.6 Å². The molecule has 1 heterocycles. The molecule has 0 aliphatic rings. The molecule has 0 amide bonds. The molecule has 20 heavy (non-hydrogen) atoms. The molecule has 2 N–H and O–H groups in total. The second-order valence-electron chi connectivity index (χ2n) is 4.77. The van der Waals surface area contributed by atoms with Crippen LogP contribution in [-0.4, -0.2) is 16.7 Å². The molecule has 0 unspecified atom stereocenters. The Morgan fingerprint density at radius 3 is 2.75 bits per heavy atom. The summed E-state index contributed by atoms with van der Waals surface area (Å²) < 4.78 is 31.5. The predicted molar refractivity (Wildman–Crippen MR) is 70.5 cm³/mol. The molecule has 7 heteroatoms. The highest BCUT2D eigenvalue weighted by atomic mass is 19.1. The Kier molecular flexibility index (Phi) is 4.62. The van der Waals surface area contributed by atoms with Crippen LogP contribution in [0.15, 0.2) is 22.6 Å². The topological polar surface area (TPSA) is 63.0 Å². The standard InChI is InChI=1S/C13H16F2N4O/c1-8(2)6-16-7-12-18-19-13(20-12)17-11-4-3-9(14)5-10(11)15/h3-5,8,16H,6-7H2,1-2H3,(H,17,19). The summed E-state index contributed by atoms with van der Waals surface area (Å²) in [6.45, 7) is 5.45. The van der Waals surface area contributed by atoms with E-state index in [0.29, 0.717) is 18.4 Å². The van der Waals surface area contributed by atoms with Gasteiger partial charge in [0.25, 0.3) is 0 Å². The third-order valence-electron chi connectivity index (χ3n) is 2.47. The van der Waals surface area contributed by atoms with Gasteiger partial charge in [0.1, 0.15) is 11.6 Å². The zero-order valence-electron chi connectivity index (χ0n) is 11.3. The lowest BCUT2D eigenvalue weighted by Gasteiger charge is -2.04. The Labute approximate surface area is 115 Å². The van der Waals surface area contributed by atoms with Crippen LogP contribution >= 0.6 is 0 Å². The van der Waals surface area contributed by atoms with E-state index in [2.05, 4.69) is 34.7 Å². The first-order chi connectivity index (χ1) is 9.54. The molecule has 0 aliphatic carbocycles. The zero-order chi connectivity index (χ0) is 14.5. The first-order valence-electron chi connectivity index (χ1n) is 6.30. The van der Waals surface area contributed by atoms with Crippen molar-refractivity contribution in [3.63, 3.8) is 0 Å². The maximum Gasteiger partial charge on any atom is 0.320 e. The fourth-order valence-corrected chi connectivity index (χ4v) is 1.55. The number of nitrogens with zero attached hydrogens (tertiary/aromatic N) is 2. The Morgan fingerprint density at radius 2 is 2.05 bits per heavy atom. The summed E-state index contributed by atoms with van der Waals surface area (Å²) in [5.41, 5.74) is 0.0803. The molecule has 0 spiro atoms. The van der Waals surface area contributed by atoms with E-state index in [1.807, 2.05) is 0 Å². The molecule has 0 aliphatic heterocycles. The van der Waals surface area contributed by atoms with Crippen LogP contribution in [0.4, 0.5) is 20.5 Å². The summed E-state index contributed by atoms with van der Waals surface area (Å²) in [7, 11) is 0. The van der Waals surface area contributed by atoms with Crippen LogP contribution in [0, 0.1) is 17.6 Å². The smallest absolute Gasteiger partial charge is 0.320 e. The summed E-state index contributed by atoms with van der Waals surface area (Å²) in [6, 6.07) is 3.26. The van der Waals surface area contributed by atoms with Gasteiger partial charge in [0, 0.05) is 6.07 Å². The van der Waals surface area contributed by atoms with Crippen LogP contribution in [0.5, 0.6) is 0 Å². The van der Waals surface area contributed by atoms with Crippen LogP contribution < -0.4 is 10.6 Å². The Hall–Kier alpha value is -2.02. The van der Waals surface area contributed by atoms with E-state index in [0.717, 1.165) is 18.7 Å².